The van der Waals surface area contributed by atoms with Gasteiger partial charge in [0, 0.05) is 32.2 Å². The molecule has 1 amide bonds. The second kappa shape index (κ2) is 7.87. The number of carbonyl (C=O) groups excluding carboxylic acids is 1. The molecule has 1 fully saturated rings. The van der Waals surface area contributed by atoms with Crippen molar-refractivity contribution in [2.45, 2.75) is 26.7 Å². The van der Waals surface area contributed by atoms with Gasteiger partial charge in [-0.05, 0) is 43.4 Å². The van der Waals surface area contributed by atoms with Gasteiger partial charge in [-0.2, -0.15) is 5.10 Å². The van der Waals surface area contributed by atoms with E-state index in [9.17, 15) is 4.79 Å². The van der Waals surface area contributed by atoms with Gasteiger partial charge in [-0.25, -0.2) is 4.98 Å². The number of benzene rings is 1. The van der Waals surface area contributed by atoms with Gasteiger partial charge < -0.3 is 4.90 Å². The normalized spacial score (nSPS) is 20.5. The minimum atomic E-state index is 0.261. The van der Waals surface area contributed by atoms with Crippen LogP contribution in [0.15, 0.2) is 30.3 Å². The number of hydrogen-bond donors (Lipinski definition) is 0. The minimum Gasteiger partial charge on any atom is -0.338 e. The summed E-state index contributed by atoms with van der Waals surface area (Å²) in [5.41, 5.74) is 3.56. The van der Waals surface area contributed by atoms with Crippen LogP contribution in [-0.2, 0) is 11.8 Å². The van der Waals surface area contributed by atoms with Crippen LogP contribution in [0, 0.1) is 12.8 Å². The molecule has 2 aliphatic heterocycles. The SMILES string of the molecule is Cc1nc(-c2ccc(C3=CCN(C(=O)CN4CC[C@H](C)C4)CC3)cc2)nn1C. The molecule has 0 aliphatic carbocycles. The molecule has 0 spiro atoms. The van der Waals surface area contributed by atoms with Gasteiger partial charge in [0.15, 0.2) is 5.82 Å². The molecule has 4 rings (SSSR count). The predicted molar refractivity (Wildman–Crippen MR) is 111 cm³/mol. The van der Waals surface area contributed by atoms with Gasteiger partial charge >= 0.3 is 0 Å². The van der Waals surface area contributed by atoms with E-state index in [4.69, 9.17) is 0 Å². The molecule has 3 heterocycles. The van der Waals surface area contributed by atoms with Crippen LogP contribution in [0.1, 0.15) is 31.2 Å². The summed E-state index contributed by atoms with van der Waals surface area (Å²) in [5, 5.41) is 4.44. The molecule has 1 atom stereocenters. The summed E-state index contributed by atoms with van der Waals surface area (Å²) in [7, 11) is 1.91. The van der Waals surface area contributed by atoms with E-state index in [1.165, 1.54) is 17.6 Å². The van der Waals surface area contributed by atoms with Gasteiger partial charge in [-0.3, -0.25) is 14.4 Å². The van der Waals surface area contributed by atoms with Crippen molar-refractivity contribution in [3.63, 3.8) is 0 Å². The number of amides is 1. The van der Waals surface area contributed by atoms with Crippen molar-refractivity contribution in [1.29, 1.82) is 0 Å². The highest BCUT2D eigenvalue weighted by Crippen LogP contribution is 2.25. The minimum absolute atomic E-state index is 0.261. The Morgan fingerprint density at radius 3 is 2.50 bits per heavy atom. The smallest absolute Gasteiger partial charge is 0.237 e. The highest BCUT2D eigenvalue weighted by molar-refractivity contribution is 5.80. The maximum absolute atomic E-state index is 12.6. The Balaban J connectivity index is 1.37. The molecule has 0 saturated carbocycles. The average molecular weight is 380 g/mol. The number of hydrogen-bond acceptors (Lipinski definition) is 4. The monoisotopic (exact) mass is 379 g/mol. The summed E-state index contributed by atoms with van der Waals surface area (Å²) >= 11 is 0. The van der Waals surface area contributed by atoms with Gasteiger partial charge in [0.1, 0.15) is 5.82 Å². The van der Waals surface area contributed by atoms with E-state index in [0.717, 1.165) is 43.3 Å². The van der Waals surface area contributed by atoms with E-state index in [1.807, 2.05) is 18.9 Å². The number of rotatable bonds is 4. The average Bonchev–Trinajstić information content (AvgIpc) is 3.27. The topological polar surface area (TPSA) is 54.3 Å². The Morgan fingerprint density at radius 1 is 1.18 bits per heavy atom. The molecule has 0 unspecified atom stereocenters. The zero-order chi connectivity index (χ0) is 19.7. The second-order valence-electron chi connectivity index (χ2n) is 8.13. The van der Waals surface area contributed by atoms with Gasteiger partial charge in [0.25, 0.3) is 0 Å². The Labute approximate surface area is 166 Å². The number of likely N-dealkylation sites (tertiary alicyclic amines) is 1. The van der Waals surface area contributed by atoms with Crippen molar-refractivity contribution in [2.75, 3.05) is 32.7 Å². The predicted octanol–water partition coefficient (Wildman–Crippen LogP) is 2.75. The van der Waals surface area contributed by atoms with E-state index in [2.05, 4.69) is 52.2 Å². The largest absolute Gasteiger partial charge is 0.338 e. The first-order valence-corrected chi connectivity index (χ1v) is 10.2. The standard InChI is InChI=1S/C22H29N5O/c1-16-8-11-26(14-16)15-21(28)27-12-9-19(10-13-27)18-4-6-20(7-5-18)22-23-17(2)25(3)24-22/h4-7,9,16H,8,10-15H2,1-3H3/t16-/m0/s1. The first-order chi connectivity index (χ1) is 13.5. The van der Waals surface area contributed by atoms with Crippen LogP contribution in [0.25, 0.3) is 17.0 Å². The summed E-state index contributed by atoms with van der Waals surface area (Å²) in [5.74, 6) is 2.64. The molecular weight excluding hydrogens is 350 g/mol. The molecule has 0 bridgehead atoms. The molecule has 1 saturated heterocycles. The van der Waals surface area contributed by atoms with Crippen molar-refractivity contribution < 1.29 is 4.79 Å². The maximum atomic E-state index is 12.6. The lowest BCUT2D eigenvalue weighted by atomic mass is 9.98. The lowest BCUT2D eigenvalue weighted by Gasteiger charge is -2.28. The van der Waals surface area contributed by atoms with Crippen molar-refractivity contribution in [1.82, 2.24) is 24.6 Å². The lowest BCUT2D eigenvalue weighted by Crippen LogP contribution is -2.41. The second-order valence-corrected chi connectivity index (χ2v) is 8.13. The Hall–Kier alpha value is -2.47. The van der Waals surface area contributed by atoms with E-state index in [1.54, 1.807) is 4.68 Å². The number of aryl methyl sites for hydroxylation is 2. The molecule has 148 valence electrons. The quantitative estimate of drug-likeness (QED) is 0.820. The molecule has 0 radical (unpaired) electrons. The van der Waals surface area contributed by atoms with Crippen LogP contribution < -0.4 is 0 Å². The summed E-state index contributed by atoms with van der Waals surface area (Å²) < 4.78 is 1.79. The fraction of sp³-hybridized carbons (Fsp3) is 0.500. The van der Waals surface area contributed by atoms with Crippen LogP contribution in [0.4, 0.5) is 0 Å². The molecule has 28 heavy (non-hydrogen) atoms. The van der Waals surface area contributed by atoms with Gasteiger partial charge in [-0.15, -0.1) is 0 Å². The van der Waals surface area contributed by atoms with E-state index in [0.29, 0.717) is 19.0 Å². The summed E-state index contributed by atoms with van der Waals surface area (Å²) in [4.78, 5) is 21.3. The van der Waals surface area contributed by atoms with Crippen molar-refractivity contribution in [2.24, 2.45) is 13.0 Å². The van der Waals surface area contributed by atoms with Crippen molar-refractivity contribution in [3.8, 4) is 11.4 Å². The van der Waals surface area contributed by atoms with Crippen LogP contribution >= 0.6 is 0 Å². The molecular formula is C22H29N5O. The van der Waals surface area contributed by atoms with Gasteiger partial charge in [0.05, 0.1) is 6.54 Å². The molecule has 2 aliphatic rings. The lowest BCUT2D eigenvalue weighted by molar-refractivity contribution is -0.131. The zero-order valence-electron chi connectivity index (χ0n) is 17.1. The van der Waals surface area contributed by atoms with Crippen LogP contribution in [0.2, 0.25) is 0 Å². The fourth-order valence-corrected chi connectivity index (χ4v) is 4.04. The molecule has 0 N–H and O–H groups in total. The van der Waals surface area contributed by atoms with E-state index < -0.39 is 0 Å². The van der Waals surface area contributed by atoms with Crippen molar-refractivity contribution >= 4 is 11.5 Å². The number of carbonyl (C=O) groups is 1. The third-order valence-corrected chi connectivity index (χ3v) is 5.92. The van der Waals surface area contributed by atoms with E-state index in [-0.39, 0.29) is 5.91 Å². The Kier molecular flexibility index (Phi) is 5.31. The summed E-state index contributed by atoms with van der Waals surface area (Å²) in [6.45, 7) is 8.40. The molecule has 2 aromatic rings. The van der Waals surface area contributed by atoms with Gasteiger partial charge in [-0.1, -0.05) is 37.3 Å². The van der Waals surface area contributed by atoms with Crippen LogP contribution in [0.3, 0.4) is 0 Å². The maximum Gasteiger partial charge on any atom is 0.237 e. The van der Waals surface area contributed by atoms with Crippen LogP contribution in [0.5, 0.6) is 0 Å². The first-order valence-electron chi connectivity index (χ1n) is 10.2. The molecule has 6 heteroatoms. The highest BCUT2D eigenvalue weighted by atomic mass is 16.2. The number of nitrogens with zero attached hydrogens (tertiary/aromatic N) is 5. The summed E-state index contributed by atoms with van der Waals surface area (Å²) in [6.07, 6.45) is 4.32. The van der Waals surface area contributed by atoms with Gasteiger partial charge in [0.2, 0.25) is 5.91 Å². The number of aromatic nitrogens is 3. The first kappa shape index (κ1) is 18.9. The molecule has 1 aromatic carbocycles. The fourth-order valence-electron chi connectivity index (χ4n) is 4.04. The third kappa shape index (κ3) is 4.02. The van der Waals surface area contributed by atoms with Crippen molar-refractivity contribution in [3.05, 3.63) is 41.7 Å². The van der Waals surface area contributed by atoms with Crippen LogP contribution in [-0.4, -0.2) is 63.2 Å². The Morgan fingerprint density at radius 2 is 1.93 bits per heavy atom. The molecule has 6 nitrogen and oxygen atoms in total. The highest BCUT2D eigenvalue weighted by Gasteiger charge is 2.24. The summed E-state index contributed by atoms with van der Waals surface area (Å²) in [6, 6.07) is 8.43. The molecule has 1 aromatic heterocycles. The zero-order valence-corrected chi connectivity index (χ0v) is 17.1. The van der Waals surface area contributed by atoms with E-state index >= 15 is 0 Å². The third-order valence-electron chi connectivity index (χ3n) is 5.92. The Bertz CT molecular complexity index is 863.